The molecule has 0 heterocycles. The van der Waals surface area contributed by atoms with E-state index in [4.69, 9.17) is 0 Å². The maximum absolute atomic E-state index is 9.85. The molecule has 0 saturated heterocycles. The summed E-state index contributed by atoms with van der Waals surface area (Å²) in [6.45, 7) is 1.89. The first-order valence-electron chi connectivity index (χ1n) is 4.01. The van der Waals surface area contributed by atoms with Crippen LogP contribution in [0.2, 0.25) is 0 Å². The van der Waals surface area contributed by atoms with Crippen molar-refractivity contribution >= 4 is 0 Å². The zero-order valence-electron chi connectivity index (χ0n) is 6.67. The molecule has 0 spiro atoms. The minimum absolute atomic E-state index is 0.573. The molecule has 0 aliphatic heterocycles. The van der Waals surface area contributed by atoms with Crippen LogP contribution in [0.25, 0.3) is 0 Å². The number of aryl methyl sites for hydroxylation is 1. The molecule has 0 amide bonds. The van der Waals surface area contributed by atoms with E-state index >= 15 is 0 Å². The average Bonchev–Trinajstić information content (AvgIpc) is 2.29. The predicted octanol–water partition coefficient (Wildman–Crippen LogP) is 1.84. The largest absolute Gasteiger partial charge is 0.385 e. The smallest absolute Gasteiger partial charge is 0.0874 e. The highest BCUT2D eigenvalue weighted by molar-refractivity contribution is 5.36. The molecule has 1 aromatic carbocycles. The van der Waals surface area contributed by atoms with Crippen LogP contribution in [0, 0.1) is 0 Å². The van der Waals surface area contributed by atoms with Crippen LogP contribution in [0.5, 0.6) is 0 Å². The van der Waals surface area contributed by atoms with Gasteiger partial charge in [-0.2, -0.15) is 0 Å². The van der Waals surface area contributed by atoms with Crippen LogP contribution in [0.3, 0.4) is 0 Å². The zero-order valence-corrected chi connectivity index (χ0v) is 6.67. The van der Waals surface area contributed by atoms with Crippen molar-refractivity contribution in [2.45, 2.75) is 25.4 Å². The normalized spacial score (nSPS) is 28.5. The maximum Gasteiger partial charge on any atom is 0.0874 e. The highest BCUT2D eigenvalue weighted by Crippen LogP contribution is 2.35. The second-order valence-electron chi connectivity index (χ2n) is 3.43. The first-order chi connectivity index (χ1) is 5.20. The fraction of sp³-hybridized carbons (Fsp3) is 0.400. The Morgan fingerprint density at radius 3 is 2.82 bits per heavy atom. The van der Waals surface area contributed by atoms with Crippen LogP contribution in [0.4, 0.5) is 0 Å². The minimum atomic E-state index is -0.573. The van der Waals surface area contributed by atoms with Gasteiger partial charge >= 0.3 is 0 Å². The summed E-state index contributed by atoms with van der Waals surface area (Å²) >= 11 is 0. The number of fused-ring (bicyclic) bond motifs is 1. The van der Waals surface area contributed by atoms with Gasteiger partial charge in [-0.25, -0.2) is 0 Å². The fourth-order valence-corrected chi connectivity index (χ4v) is 1.78. The second-order valence-corrected chi connectivity index (χ2v) is 3.43. The van der Waals surface area contributed by atoms with Gasteiger partial charge in [-0.05, 0) is 30.9 Å². The van der Waals surface area contributed by atoms with Crippen LogP contribution in [-0.2, 0) is 12.0 Å². The molecule has 0 fully saturated rings. The van der Waals surface area contributed by atoms with Crippen LogP contribution in [-0.4, -0.2) is 5.11 Å². The summed E-state index contributed by atoms with van der Waals surface area (Å²) < 4.78 is 0. The van der Waals surface area contributed by atoms with E-state index in [1.807, 2.05) is 25.1 Å². The molecule has 1 aliphatic carbocycles. The molecule has 0 unspecified atom stereocenters. The molecule has 1 aromatic rings. The fourth-order valence-electron chi connectivity index (χ4n) is 1.78. The first-order valence-corrected chi connectivity index (χ1v) is 4.01. The predicted molar refractivity (Wildman–Crippen MR) is 44.3 cm³/mol. The molecular formula is C10H12O. The Morgan fingerprint density at radius 1 is 1.36 bits per heavy atom. The van der Waals surface area contributed by atoms with Crippen LogP contribution >= 0.6 is 0 Å². The molecule has 58 valence electrons. The third-order valence-electron chi connectivity index (χ3n) is 2.48. The Kier molecular flexibility index (Phi) is 1.30. The summed E-state index contributed by atoms with van der Waals surface area (Å²) in [5.74, 6) is 0. The summed E-state index contributed by atoms with van der Waals surface area (Å²) in [5, 5.41) is 9.85. The molecule has 0 saturated carbocycles. The lowest BCUT2D eigenvalue weighted by atomic mass is 9.99. The highest BCUT2D eigenvalue weighted by Gasteiger charge is 2.30. The van der Waals surface area contributed by atoms with Gasteiger partial charge in [-0.15, -0.1) is 0 Å². The number of hydrogen-bond donors (Lipinski definition) is 1. The van der Waals surface area contributed by atoms with Crippen molar-refractivity contribution in [1.29, 1.82) is 0 Å². The van der Waals surface area contributed by atoms with E-state index in [0.717, 1.165) is 18.4 Å². The van der Waals surface area contributed by atoms with Crippen molar-refractivity contribution in [3.05, 3.63) is 35.4 Å². The molecule has 11 heavy (non-hydrogen) atoms. The van der Waals surface area contributed by atoms with Gasteiger partial charge in [0, 0.05) is 0 Å². The van der Waals surface area contributed by atoms with E-state index < -0.39 is 5.60 Å². The highest BCUT2D eigenvalue weighted by atomic mass is 16.3. The topological polar surface area (TPSA) is 20.2 Å². The van der Waals surface area contributed by atoms with E-state index in [1.54, 1.807) is 0 Å². The molecule has 1 nitrogen and oxygen atoms in total. The quantitative estimate of drug-likeness (QED) is 0.595. The van der Waals surface area contributed by atoms with Crippen molar-refractivity contribution in [2.24, 2.45) is 0 Å². The molecule has 0 bridgehead atoms. The number of hydrogen-bond acceptors (Lipinski definition) is 1. The average molecular weight is 148 g/mol. The third kappa shape index (κ3) is 0.962. The number of benzene rings is 1. The Balaban J connectivity index is 2.56. The van der Waals surface area contributed by atoms with Crippen molar-refractivity contribution < 1.29 is 5.11 Å². The summed E-state index contributed by atoms with van der Waals surface area (Å²) in [5.41, 5.74) is 1.84. The maximum atomic E-state index is 9.85. The zero-order chi connectivity index (χ0) is 7.90. The molecule has 1 N–H and O–H groups in total. The van der Waals surface area contributed by atoms with Crippen molar-refractivity contribution in [1.82, 2.24) is 0 Å². The summed E-state index contributed by atoms with van der Waals surface area (Å²) in [6.07, 6.45) is 1.88. The van der Waals surface area contributed by atoms with Crippen LogP contribution in [0.15, 0.2) is 24.3 Å². The van der Waals surface area contributed by atoms with E-state index in [2.05, 4.69) is 6.07 Å². The molecule has 1 aliphatic rings. The number of rotatable bonds is 0. The minimum Gasteiger partial charge on any atom is -0.385 e. The Hall–Kier alpha value is -0.820. The van der Waals surface area contributed by atoms with Gasteiger partial charge in [-0.3, -0.25) is 0 Å². The molecule has 2 rings (SSSR count). The third-order valence-corrected chi connectivity index (χ3v) is 2.48. The van der Waals surface area contributed by atoms with Gasteiger partial charge in [0.1, 0.15) is 0 Å². The molecule has 1 heteroatoms. The van der Waals surface area contributed by atoms with Crippen molar-refractivity contribution in [3.63, 3.8) is 0 Å². The monoisotopic (exact) mass is 148 g/mol. The lowest BCUT2D eigenvalue weighted by molar-refractivity contribution is 0.0595. The van der Waals surface area contributed by atoms with E-state index in [-0.39, 0.29) is 0 Å². The standard InChI is InChI=1S/C10H12O/c1-10(11)7-6-8-4-2-3-5-9(8)10/h2-5,11H,6-7H2,1H3/t10-/m0/s1. The molecule has 0 radical (unpaired) electrons. The van der Waals surface area contributed by atoms with E-state index in [9.17, 15) is 5.11 Å². The van der Waals surface area contributed by atoms with Crippen molar-refractivity contribution in [2.75, 3.05) is 0 Å². The van der Waals surface area contributed by atoms with E-state index in [1.165, 1.54) is 5.56 Å². The van der Waals surface area contributed by atoms with Crippen molar-refractivity contribution in [3.8, 4) is 0 Å². The van der Waals surface area contributed by atoms with Gasteiger partial charge in [0.2, 0.25) is 0 Å². The number of aliphatic hydroxyl groups is 1. The molecule has 1 atom stereocenters. The Morgan fingerprint density at radius 2 is 2.09 bits per heavy atom. The first kappa shape index (κ1) is 6.86. The second kappa shape index (κ2) is 2.08. The van der Waals surface area contributed by atoms with Gasteiger partial charge in [0.25, 0.3) is 0 Å². The molecular weight excluding hydrogens is 136 g/mol. The van der Waals surface area contributed by atoms with E-state index in [0.29, 0.717) is 0 Å². The lowest BCUT2D eigenvalue weighted by Crippen LogP contribution is -2.15. The lowest BCUT2D eigenvalue weighted by Gasteiger charge is -2.16. The van der Waals surface area contributed by atoms with Gasteiger partial charge < -0.3 is 5.11 Å². The summed E-state index contributed by atoms with van der Waals surface area (Å²) in [7, 11) is 0. The Bertz CT molecular complexity index is 276. The van der Waals surface area contributed by atoms with Gasteiger partial charge in [-0.1, -0.05) is 24.3 Å². The summed E-state index contributed by atoms with van der Waals surface area (Å²) in [4.78, 5) is 0. The van der Waals surface area contributed by atoms with Crippen LogP contribution < -0.4 is 0 Å². The Labute approximate surface area is 66.7 Å². The SMILES string of the molecule is C[C@]1(O)CCc2ccccc21. The van der Waals surface area contributed by atoms with Crippen LogP contribution in [0.1, 0.15) is 24.5 Å². The van der Waals surface area contributed by atoms with Gasteiger partial charge in [0.05, 0.1) is 5.60 Å². The van der Waals surface area contributed by atoms with Gasteiger partial charge in [0.15, 0.2) is 0 Å². The molecule has 0 aromatic heterocycles. The summed E-state index contributed by atoms with van der Waals surface area (Å²) in [6, 6.07) is 8.12.